The van der Waals surface area contributed by atoms with Crippen LogP contribution in [0.25, 0.3) is 0 Å². The van der Waals surface area contributed by atoms with Gasteiger partial charge in [0.15, 0.2) is 0 Å². The predicted octanol–water partition coefficient (Wildman–Crippen LogP) is 4.63. The Kier molecular flexibility index (Phi) is 5.87. The number of hydrogen-bond donors (Lipinski definition) is 2. The number of benzene rings is 1. The fourth-order valence-corrected chi connectivity index (χ4v) is 3.24. The third kappa shape index (κ3) is 4.69. The Balaban J connectivity index is 1.63. The lowest BCUT2D eigenvalue weighted by atomic mass is 10.1. The molecule has 1 heterocycles. The van der Waals surface area contributed by atoms with E-state index in [4.69, 9.17) is 11.6 Å². The summed E-state index contributed by atoms with van der Waals surface area (Å²) in [7, 11) is 0. The standard InChI is InChI=1S/C19H23ClN4O/c1-13-16(20)9-6-10-17(13)24-19-21-11-14(12-22-19)18(25)23-15-7-4-2-3-5-8-15/h6,9-12,15H,2-5,7-8H2,1H3,(H,23,25)(H,21,22,24). The van der Waals surface area contributed by atoms with Crippen LogP contribution in [0.5, 0.6) is 0 Å². The number of halogens is 1. The lowest BCUT2D eigenvalue weighted by molar-refractivity contribution is 0.0932. The Morgan fingerprint density at radius 3 is 2.48 bits per heavy atom. The summed E-state index contributed by atoms with van der Waals surface area (Å²) in [4.78, 5) is 20.9. The van der Waals surface area contributed by atoms with Gasteiger partial charge >= 0.3 is 0 Å². The Morgan fingerprint density at radius 2 is 1.80 bits per heavy atom. The normalized spacial score (nSPS) is 15.4. The Bertz CT molecular complexity index is 725. The first-order chi connectivity index (χ1) is 12.1. The van der Waals surface area contributed by atoms with E-state index in [9.17, 15) is 4.79 Å². The van der Waals surface area contributed by atoms with Gasteiger partial charge in [-0.15, -0.1) is 0 Å². The molecule has 0 bridgehead atoms. The van der Waals surface area contributed by atoms with E-state index in [0.29, 0.717) is 16.5 Å². The van der Waals surface area contributed by atoms with Gasteiger partial charge in [0.25, 0.3) is 5.91 Å². The molecule has 25 heavy (non-hydrogen) atoms. The molecule has 0 saturated heterocycles. The maximum atomic E-state index is 12.4. The molecule has 3 rings (SSSR count). The van der Waals surface area contributed by atoms with Gasteiger partial charge in [0.2, 0.25) is 5.95 Å². The molecule has 132 valence electrons. The number of nitrogens with zero attached hydrogens (tertiary/aromatic N) is 2. The van der Waals surface area contributed by atoms with Crippen LogP contribution in [0.2, 0.25) is 5.02 Å². The van der Waals surface area contributed by atoms with Crippen LogP contribution >= 0.6 is 11.6 Å². The van der Waals surface area contributed by atoms with E-state index in [2.05, 4.69) is 20.6 Å². The fourth-order valence-electron chi connectivity index (χ4n) is 3.07. The van der Waals surface area contributed by atoms with Crippen molar-refractivity contribution in [1.29, 1.82) is 0 Å². The molecule has 0 unspecified atom stereocenters. The summed E-state index contributed by atoms with van der Waals surface area (Å²) in [6, 6.07) is 5.88. The molecule has 2 aromatic rings. The molecule has 1 amide bonds. The van der Waals surface area contributed by atoms with Crippen molar-refractivity contribution in [2.24, 2.45) is 0 Å². The van der Waals surface area contributed by atoms with Gasteiger partial charge in [-0.3, -0.25) is 4.79 Å². The van der Waals surface area contributed by atoms with Crippen LogP contribution in [0.4, 0.5) is 11.6 Å². The average Bonchev–Trinajstić information content (AvgIpc) is 2.88. The van der Waals surface area contributed by atoms with Crippen LogP contribution in [-0.4, -0.2) is 21.9 Å². The van der Waals surface area contributed by atoms with Crippen molar-refractivity contribution in [3.05, 3.63) is 46.7 Å². The second-order valence-corrected chi connectivity index (χ2v) is 6.90. The van der Waals surface area contributed by atoms with Gasteiger partial charge in [-0.25, -0.2) is 9.97 Å². The van der Waals surface area contributed by atoms with Crippen LogP contribution in [0, 0.1) is 6.92 Å². The molecule has 2 N–H and O–H groups in total. The van der Waals surface area contributed by atoms with E-state index in [0.717, 1.165) is 24.1 Å². The Hall–Kier alpha value is -2.14. The van der Waals surface area contributed by atoms with Crippen LogP contribution in [0.1, 0.15) is 54.4 Å². The highest BCUT2D eigenvalue weighted by Gasteiger charge is 2.16. The molecule has 6 heteroatoms. The van der Waals surface area contributed by atoms with Crippen molar-refractivity contribution in [2.45, 2.75) is 51.5 Å². The largest absolute Gasteiger partial charge is 0.349 e. The van der Waals surface area contributed by atoms with Gasteiger partial charge in [0.1, 0.15) is 0 Å². The molecule has 0 aliphatic heterocycles. The van der Waals surface area contributed by atoms with Crippen molar-refractivity contribution in [3.8, 4) is 0 Å². The zero-order valence-electron chi connectivity index (χ0n) is 14.4. The lowest BCUT2D eigenvalue weighted by Gasteiger charge is -2.16. The van der Waals surface area contributed by atoms with E-state index >= 15 is 0 Å². The zero-order valence-corrected chi connectivity index (χ0v) is 15.1. The van der Waals surface area contributed by atoms with Crippen molar-refractivity contribution < 1.29 is 4.79 Å². The third-order valence-corrected chi connectivity index (χ3v) is 5.03. The minimum atomic E-state index is -0.0996. The van der Waals surface area contributed by atoms with Crippen molar-refractivity contribution in [1.82, 2.24) is 15.3 Å². The summed E-state index contributed by atoms with van der Waals surface area (Å²) in [6.45, 7) is 1.93. The first-order valence-corrected chi connectivity index (χ1v) is 9.16. The van der Waals surface area contributed by atoms with Gasteiger partial charge < -0.3 is 10.6 Å². The fraction of sp³-hybridized carbons (Fsp3) is 0.421. The number of hydrogen-bond acceptors (Lipinski definition) is 4. The van der Waals surface area contributed by atoms with E-state index in [1.165, 1.54) is 25.7 Å². The molecule has 1 aromatic carbocycles. The van der Waals surface area contributed by atoms with Crippen LogP contribution < -0.4 is 10.6 Å². The first-order valence-electron chi connectivity index (χ1n) is 8.78. The van der Waals surface area contributed by atoms with E-state index in [1.807, 2.05) is 25.1 Å². The quantitative estimate of drug-likeness (QED) is 0.781. The summed E-state index contributed by atoms with van der Waals surface area (Å²) in [5.41, 5.74) is 2.27. The smallest absolute Gasteiger partial charge is 0.254 e. The molecule has 1 aromatic heterocycles. The molecule has 0 spiro atoms. The van der Waals surface area contributed by atoms with Crippen LogP contribution in [-0.2, 0) is 0 Å². The molecule has 1 aliphatic carbocycles. The van der Waals surface area contributed by atoms with Crippen LogP contribution in [0.3, 0.4) is 0 Å². The SMILES string of the molecule is Cc1c(Cl)cccc1Nc1ncc(C(=O)NC2CCCCCC2)cn1. The molecule has 0 atom stereocenters. The Labute approximate surface area is 153 Å². The first kappa shape index (κ1) is 17.7. The molecule has 1 saturated carbocycles. The highest BCUT2D eigenvalue weighted by atomic mass is 35.5. The van der Waals surface area contributed by atoms with Gasteiger partial charge in [-0.2, -0.15) is 0 Å². The molecule has 5 nitrogen and oxygen atoms in total. The van der Waals surface area contributed by atoms with Crippen LogP contribution in [0.15, 0.2) is 30.6 Å². The lowest BCUT2D eigenvalue weighted by Crippen LogP contribution is -2.34. The third-order valence-electron chi connectivity index (χ3n) is 4.62. The number of carbonyl (C=O) groups excluding carboxylic acids is 1. The molecule has 1 aliphatic rings. The number of anilines is 2. The van der Waals surface area contributed by atoms with E-state index in [1.54, 1.807) is 12.4 Å². The minimum Gasteiger partial charge on any atom is -0.349 e. The molecule has 0 radical (unpaired) electrons. The number of nitrogens with one attached hydrogen (secondary N) is 2. The topological polar surface area (TPSA) is 66.9 Å². The molecular formula is C19H23ClN4O. The number of carbonyl (C=O) groups is 1. The number of rotatable bonds is 4. The van der Waals surface area contributed by atoms with Gasteiger partial charge in [0, 0.05) is 29.1 Å². The zero-order chi connectivity index (χ0) is 17.6. The second kappa shape index (κ2) is 8.30. The van der Waals surface area contributed by atoms with E-state index < -0.39 is 0 Å². The monoisotopic (exact) mass is 358 g/mol. The van der Waals surface area contributed by atoms with Gasteiger partial charge in [-0.1, -0.05) is 43.4 Å². The number of aromatic nitrogens is 2. The Morgan fingerprint density at radius 1 is 1.12 bits per heavy atom. The minimum absolute atomic E-state index is 0.0996. The van der Waals surface area contributed by atoms with Crippen molar-refractivity contribution in [3.63, 3.8) is 0 Å². The van der Waals surface area contributed by atoms with Crippen molar-refractivity contribution in [2.75, 3.05) is 5.32 Å². The summed E-state index contributed by atoms with van der Waals surface area (Å²) >= 11 is 6.12. The second-order valence-electron chi connectivity index (χ2n) is 6.49. The summed E-state index contributed by atoms with van der Waals surface area (Å²) in [5.74, 6) is 0.341. The predicted molar refractivity (Wildman–Crippen MR) is 100 cm³/mol. The summed E-state index contributed by atoms with van der Waals surface area (Å²) < 4.78 is 0. The molecule has 1 fully saturated rings. The van der Waals surface area contributed by atoms with Gasteiger partial charge in [0.05, 0.1) is 5.56 Å². The summed E-state index contributed by atoms with van der Waals surface area (Å²) in [6.07, 6.45) is 10.1. The van der Waals surface area contributed by atoms with Gasteiger partial charge in [-0.05, 0) is 37.5 Å². The highest BCUT2D eigenvalue weighted by molar-refractivity contribution is 6.31. The number of amides is 1. The highest BCUT2D eigenvalue weighted by Crippen LogP contribution is 2.24. The average molecular weight is 359 g/mol. The van der Waals surface area contributed by atoms with Crippen molar-refractivity contribution >= 4 is 29.1 Å². The summed E-state index contributed by atoms with van der Waals surface area (Å²) in [5, 5.41) is 6.92. The maximum Gasteiger partial charge on any atom is 0.254 e. The van der Waals surface area contributed by atoms with E-state index in [-0.39, 0.29) is 11.9 Å². The molecular weight excluding hydrogens is 336 g/mol. The maximum absolute atomic E-state index is 12.4.